The number of nitrogens with zero attached hydrogens (tertiary/aromatic N) is 2. The third kappa shape index (κ3) is 4.17. The SMILES string of the molecule is COCCn1c(=NC(=O)Cc2ccc(Cl)cc2)sc2cc(F)cc(F)c21. The summed E-state index contributed by atoms with van der Waals surface area (Å²) in [4.78, 5) is 16.7. The highest BCUT2D eigenvalue weighted by molar-refractivity contribution is 7.16. The summed E-state index contributed by atoms with van der Waals surface area (Å²) in [5, 5.41) is 0.581. The van der Waals surface area contributed by atoms with Crippen molar-refractivity contribution in [3.05, 3.63) is 63.4 Å². The standard InChI is InChI=1S/C18H15ClF2N2O2S/c1-25-7-6-23-17-14(21)9-13(20)10-15(17)26-18(23)22-16(24)8-11-2-4-12(19)5-3-11/h2-5,9-10H,6-8H2,1H3. The Kier molecular flexibility index (Phi) is 5.80. The molecule has 0 radical (unpaired) electrons. The van der Waals surface area contributed by atoms with Crippen molar-refractivity contribution in [2.24, 2.45) is 4.99 Å². The predicted octanol–water partition coefficient (Wildman–Crippen LogP) is 3.95. The van der Waals surface area contributed by atoms with Crippen molar-refractivity contribution in [2.75, 3.05) is 13.7 Å². The quantitative estimate of drug-likeness (QED) is 0.655. The van der Waals surface area contributed by atoms with Crippen LogP contribution in [0, 0.1) is 11.6 Å². The lowest BCUT2D eigenvalue weighted by Crippen LogP contribution is -2.20. The number of hydrogen-bond acceptors (Lipinski definition) is 3. The van der Waals surface area contributed by atoms with E-state index >= 15 is 0 Å². The Bertz CT molecular complexity index is 1010. The number of rotatable bonds is 5. The molecule has 136 valence electrons. The van der Waals surface area contributed by atoms with Gasteiger partial charge >= 0.3 is 0 Å². The summed E-state index contributed by atoms with van der Waals surface area (Å²) in [5.41, 5.74) is 0.983. The van der Waals surface area contributed by atoms with Crippen LogP contribution in [0.2, 0.25) is 5.02 Å². The first-order valence-corrected chi connectivity index (χ1v) is 8.96. The number of benzene rings is 2. The molecule has 2 aromatic carbocycles. The zero-order chi connectivity index (χ0) is 18.7. The van der Waals surface area contributed by atoms with Crippen LogP contribution >= 0.6 is 22.9 Å². The Labute approximate surface area is 157 Å². The van der Waals surface area contributed by atoms with Crippen LogP contribution in [-0.4, -0.2) is 24.2 Å². The Morgan fingerprint density at radius 3 is 2.69 bits per heavy atom. The second-order valence-electron chi connectivity index (χ2n) is 5.57. The lowest BCUT2D eigenvalue weighted by atomic mass is 10.1. The average Bonchev–Trinajstić information content (AvgIpc) is 2.92. The molecular weight excluding hydrogens is 382 g/mol. The van der Waals surface area contributed by atoms with Crippen molar-refractivity contribution >= 4 is 39.1 Å². The fourth-order valence-corrected chi connectivity index (χ4v) is 3.77. The van der Waals surface area contributed by atoms with Crippen molar-refractivity contribution < 1.29 is 18.3 Å². The summed E-state index contributed by atoms with van der Waals surface area (Å²) in [6, 6.07) is 8.93. The van der Waals surface area contributed by atoms with Gasteiger partial charge in [-0.15, -0.1) is 0 Å². The Morgan fingerprint density at radius 2 is 2.00 bits per heavy atom. The van der Waals surface area contributed by atoms with Crippen LogP contribution < -0.4 is 4.80 Å². The van der Waals surface area contributed by atoms with Crippen molar-refractivity contribution in [1.82, 2.24) is 4.57 Å². The van der Waals surface area contributed by atoms with Gasteiger partial charge in [0.1, 0.15) is 5.82 Å². The highest BCUT2D eigenvalue weighted by Gasteiger charge is 2.14. The second kappa shape index (κ2) is 8.07. The molecule has 0 bridgehead atoms. The molecule has 0 spiro atoms. The largest absolute Gasteiger partial charge is 0.383 e. The van der Waals surface area contributed by atoms with E-state index in [2.05, 4.69) is 4.99 Å². The summed E-state index contributed by atoms with van der Waals surface area (Å²) < 4.78 is 34.7. The molecule has 0 saturated heterocycles. The number of carbonyl (C=O) groups is 1. The molecule has 0 saturated carbocycles. The van der Waals surface area contributed by atoms with Gasteiger partial charge in [0.05, 0.1) is 23.2 Å². The summed E-state index contributed by atoms with van der Waals surface area (Å²) >= 11 is 6.89. The monoisotopic (exact) mass is 396 g/mol. The predicted molar refractivity (Wildman–Crippen MR) is 97.3 cm³/mol. The fourth-order valence-electron chi connectivity index (χ4n) is 2.53. The van der Waals surface area contributed by atoms with Crippen LogP contribution in [0.15, 0.2) is 41.4 Å². The first-order valence-electron chi connectivity index (χ1n) is 7.77. The number of fused-ring (bicyclic) bond motifs is 1. The average molecular weight is 397 g/mol. The minimum Gasteiger partial charge on any atom is -0.383 e. The third-order valence-corrected chi connectivity index (χ3v) is 4.98. The first kappa shape index (κ1) is 18.7. The number of amides is 1. The lowest BCUT2D eigenvalue weighted by molar-refractivity contribution is -0.117. The molecule has 0 aliphatic carbocycles. The Hall–Kier alpha value is -2.09. The Balaban J connectivity index is 2.01. The molecular formula is C18H15ClF2N2O2S. The smallest absolute Gasteiger partial charge is 0.252 e. The molecule has 0 aliphatic heterocycles. The summed E-state index contributed by atoms with van der Waals surface area (Å²) in [6.45, 7) is 0.604. The summed E-state index contributed by atoms with van der Waals surface area (Å²) in [7, 11) is 1.52. The molecule has 0 atom stereocenters. The number of carbonyl (C=O) groups excluding carboxylic acids is 1. The number of methoxy groups -OCH3 is 1. The molecule has 0 fully saturated rings. The van der Waals surface area contributed by atoms with E-state index in [9.17, 15) is 13.6 Å². The summed E-state index contributed by atoms with van der Waals surface area (Å²) in [5.74, 6) is -1.75. The van der Waals surface area contributed by atoms with Gasteiger partial charge in [-0.3, -0.25) is 4.79 Å². The van der Waals surface area contributed by atoms with E-state index in [-0.39, 0.29) is 17.8 Å². The van der Waals surface area contributed by atoms with Gasteiger partial charge in [-0.2, -0.15) is 4.99 Å². The normalized spacial score (nSPS) is 12.1. The molecule has 4 nitrogen and oxygen atoms in total. The van der Waals surface area contributed by atoms with Crippen molar-refractivity contribution in [2.45, 2.75) is 13.0 Å². The fraction of sp³-hybridized carbons (Fsp3) is 0.222. The lowest BCUT2D eigenvalue weighted by Gasteiger charge is -2.05. The highest BCUT2D eigenvalue weighted by Crippen LogP contribution is 2.22. The molecule has 1 heterocycles. The van der Waals surface area contributed by atoms with Crippen LogP contribution in [0.3, 0.4) is 0 Å². The molecule has 1 aromatic heterocycles. The van der Waals surface area contributed by atoms with E-state index in [1.165, 1.54) is 17.7 Å². The topological polar surface area (TPSA) is 43.6 Å². The number of halogens is 3. The van der Waals surface area contributed by atoms with Crippen LogP contribution in [0.1, 0.15) is 5.56 Å². The number of thiazole rings is 1. The zero-order valence-corrected chi connectivity index (χ0v) is 15.4. The first-order chi connectivity index (χ1) is 12.5. The zero-order valence-electron chi connectivity index (χ0n) is 13.8. The van der Waals surface area contributed by atoms with Gasteiger partial charge in [0.25, 0.3) is 5.91 Å². The minimum atomic E-state index is -0.695. The maximum atomic E-state index is 14.2. The van der Waals surface area contributed by atoms with Gasteiger partial charge in [-0.05, 0) is 23.8 Å². The van der Waals surface area contributed by atoms with E-state index in [4.69, 9.17) is 16.3 Å². The van der Waals surface area contributed by atoms with Gasteiger partial charge in [0.2, 0.25) is 0 Å². The molecule has 1 amide bonds. The molecule has 3 aromatic rings. The van der Waals surface area contributed by atoms with Crippen molar-refractivity contribution in [3.63, 3.8) is 0 Å². The van der Waals surface area contributed by atoms with E-state index in [1.54, 1.807) is 24.3 Å². The molecule has 8 heteroatoms. The highest BCUT2D eigenvalue weighted by atomic mass is 35.5. The van der Waals surface area contributed by atoms with E-state index in [0.29, 0.717) is 27.7 Å². The molecule has 0 aliphatic rings. The second-order valence-corrected chi connectivity index (χ2v) is 7.02. The van der Waals surface area contributed by atoms with Gasteiger partial charge in [0.15, 0.2) is 10.6 Å². The Morgan fingerprint density at radius 1 is 1.27 bits per heavy atom. The third-order valence-electron chi connectivity index (χ3n) is 3.70. The van der Waals surface area contributed by atoms with Crippen LogP contribution in [0.5, 0.6) is 0 Å². The van der Waals surface area contributed by atoms with Crippen LogP contribution in [0.4, 0.5) is 8.78 Å². The summed E-state index contributed by atoms with van der Waals surface area (Å²) in [6.07, 6.45) is 0.0898. The molecule has 0 unspecified atom stereocenters. The van der Waals surface area contributed by atoms with Crippen molar-refractivity contribution in [1.29, 1.82) is 0 Å². The van der Waals surface area contributed by atoms with E-state index in [1.807, 2.05) is 0 Å². The number of ether oxygens (including phenoxy) is 1. The van der Waals surface area contributed by atoms with Crippen LogP contribution in [0.25, 0.3) is 10.2 Å². The molecule has 0 N–H and O–H groups in total. The maximum absolute atomic E-state index is 14.2. The van der Waals surface area contributed by atoms with Gasteiger partial charge in [-0.1, -0.05) is 35.1 Å². The number of aromatic nitrogens is 1. The minimum absolute atomic E-state index is 0.0898. The molecule has 3 rings (SSSR count). The van der Waals surface area contributed by atoms with E-state index < -0.39 is 11.6 Å². The number of hydrogen-bond donors (Lipinski definition) is 0. The van der Waals surface area contributed by atoms with Gasteiger partial charge in [0, 0.05) is 24.7 Å². The van der Waals surface area contributed by atoms with Crippen LogP contribution in [-0.2, 0) is 22.5 Å². The van der Waals surface area contributed by atoms with Crippen molar-refractivity contribution in [3.8, 4) is 0 Å². The van der Waals surface area contributed by atoms with Gasteiger partial charge < -0.3 is 9.30 Å². The maximum Gasteiger partial charge on any atom is 0.252 e. The van der Waals surface area contributed by atoms with E-state index in [0.717, 1.165) is 23.0 Å². The molecule has 26 heavy (non-hydrogen) atoms. The van der Waals surface area contributed by atoms with Gasteiger partial charge in [-0.25, -0.2) is 8.78 Å².